The highest BCUT2D eigenvalue weighted by Gasteiger charge is 2.75. The lowest BCUT2D eigenvalue weighted by Gasteiger charge is -2.50. The molecule has 0 aromatic heterocycles. The highest BCUT2D eigenvalue weighted by Crippen LogP contribution is 2.56. The van der Waals surface area contributed by atoms with Gasteiger partial charge in [0.05, 0.1) is 13.2 Å². The van der Waals surface area contributed by atoms with E-state index in [0.717, 1.165) is 16.7 Å². The summed E-state index contributed by atoms with van der Waals surface area (Å²) >= 11 is 0. The summed E-state index contributed by atoms with van der Waals surface area (Å²) in [6.07, 6.45) is 3.17. The number of hydrogen-bond donors (Lipinski definition) is 3. The molecule has 1 aliphatic carbocycles. The number of aliphatic hydroxyl groups is 1. The second kappa shape index (κ2) is 12.2. The molecule has 4 aliphatic heterocycles. The molecule has 3 N–H and O–H groups in total. The zero-order chi connectivity index (χ0) is 31.1. The van der Waals surface area contributed by atoms with Crippen LogP contribution in [-0.4, -0.2) is 101 Å². The number of fused-ring (bicyclic) bond motifs is 4. The third-order valence-corrected chi connectivity index (χ3v) is 9.63. The molecular formula is C33H37N3O9. The minimum atomic E-state index is -1.33. The first-order chi connectivity index (χ1) is 21.9. The molecule has 1 saturated carbocycles. The number of aliphatic hydroxyl groups excluding tert-OH is 1. The van der Waals surface area contributed by atoms with Gasteiger partial charge in [0.15, 0.2) is 6.04 Å². The van der Waals surface area contributed by atoms with Gasteiger partial charge in [-0.2, -0.15) is 5.06 Å². The summed E-state index contributed by atoms with van der Waals surface area (Å²) in [7, 11) is 0. The minimum Gasteiger partial charge on any atom is -0.508 e. The Bertz CT molecular complexity index is 1500. The molecule has 2 amide bonds. The number of esters is 1. The number of allylic oxidation sites excluding steroid dienone is 1. The van der Waals surface area contributed by atoms with Gasteiger partial charge in [-0.1, -0.05) is 54.6 Å². The lowest BCUT2D eigenvalue weighted by Crippen LogP contribution is -2.70. The number of benzene rings is 2. The first kappa shape index (κ1) is 29.9. The molecule has 12 nitrogen and oxygen atoms in total. The van der Waals surface area contributed by atoms with E-state index in [9.17, 15) is 24.6 Å². The van der Waals surface area contributed by atoms with Crippen LogP contribution in [0.1, 0.15) is 36.0 Å². The smallest absolute Gasteiger partial charge is 0.327 e. The molecule has 0 spiro atoms. The SMILES string of the molecule is O=C(NCCO)[C@H]1CCCN1C(=O)[C@@]12C[C@H]3OC(=O)[C@@H]1N(Cc1cccc(C=CCc4ccccc4O)c1)O[C@@H]2[C@H]1OCO[C@H]13. The standard InChI is InChI=1S/C33H37N3O9/c37-15-13-34-30(39)23-11-5-14-35(23)32(41)33-17-25-26-27(43-19-42-26)29(33)45-36(28(33)31(40)44-25)18-21-8-3-6-20(16-21)7-4-10-22-9-1-2-12-24(22)38/h1-4,6-9,12,16,23,25-29,37-38H,5,10-11,13-15,17-19H2,(H,34,39)/t23-,25-,26+,27+,28+,29-,33+/m1/s1. The van der Waals surface area contributed by atoms with E-state index in [4.69, 9.17) is 19.0 Å². The molecule has 4 saturated heterocycles. The maximum absolute atomic E-state index is 14.7. The molecule has 0 unspecified atom stereocenters. The van der Waals surface area contributed by atoms with Crippen LogP contribution in [0.5, 0.6) is 5.75 Å². The number of likely N-dealkylation sites (tertiary alicyclic amines) is 1. The zero-order valence-corrected chi connectivity index (χ0v) is 24.7. The Balaban J connectivity index is 1.16. The summed E-state index contributed by atoms with van der Waals surface area (Å²) in [5.41, 5.74) is 1.28. The fourth-order valence-corrected chi connectivity index (χ4v) is 7.64. The van der Waals surface area contributed by atoms with E-state index in [1.165, 1.54) is 0 Å². The van der Waals surface area contributed by atoms with Gasteiger partial charge in [-0.15, -0.1) is 0 Å². The Labute approximate surface area is 260 Å². The van der Waals surface area contributed by atoms with Gasteiger partial charge >= 0.3 is 5.97 Å². The van der Waals surface area contributed by atoms with Crippen LogP contribution in [0.3, 0.4) is 0 Å². The Morgan fingerprint density at radius 2 is 1.96 bits per heavy atom. The van der Waals surface area contributed by atoms with E-state index in [0.29, 0.717) is 25.8 Å². The maximum atomic E-state index is 14.7. The van der Waals surface area contributed by atoms with Crippen LogP contribution in [0, 0.1) is 5.41 Å². The quantitative estimate of drug-likeness (QED) is 0.351. The molecule has 12 heteroatoms. The van der Waals surface area contributed by atoms with Crippen molar-refractivity contribution >= 4 is 23.9 Å². The van der Waals surface area contributed by atoms with Crippen molar-refractivity contribution in [3.8, 4) is 5.75 Å². The normalized spacial score (nSPS) is 32.1. The number of hydroxylamine groups is 2. The number of carbonyl (C=O) groups is 3. The van der Waals surface area contributed by atoms with Gasteiger partial charge in [-0.05, 0) is 42.0 Å². The highest BCUT2D eigenvalue weighted by atomic mass is 16.8. The van der Waals surface area contributed by atoms with Gasteiger partial charge in [0.25, 0.3) is 0 Å². The van der Waals surface area contributed by atoms with Crippen LogP contribution in [-0.2, 0) is 46.4 Å². The number of para-hydroxylation sites is 1. The molecule has 5 fully saturated rings. The Morgan fingerprint density at radius 1 is 1.11 bits per heavy atom. The van der Waals surface area contributed by atoms with Crippen molar-refractivity contribution in [2.24, 2.45) is 5.41 Å². The molecule has 45 heavy (non-hydrogen) atoms. The number of amides is 2. The van der Waals surface area contributed by atoms with Crippen LogP contribution < -0.4 is 5.32 Å². The molecule has 7 atom stereocenters. The first-order valence-electron chi connectivity index (χ1n) is 15.5. The van der Waals surface area contributed by atoms with Crippen LogP contribution in [0.25, 0.3) is 6.08 Å². The van der Waals surface area contributed by atoms with Crippen molar-refractivity contribution in [2.75, 3.05) is 26.5 Å². The number of phenolic OH excluding ortho intramolecular Hbond substituents is 1. The van der Waals surface area contributed by atoms with Crippen molar-refractivity contribution in [3.63, 3.8) is 0 Å². The topological polar surface area (TPSA) is 147 Å². The predicted molar refractivity (Wildman–Crippen MR) is 158 cm³/mol. The van der Waals surface area contributed by atoms with E-state index >= 15 is 0 Å². The monoisotopic (exact) mass is 619 g/mol. The molecule has 7 rings (SSSR count). The number of aromatic hydroxyl groups is 1. The molecule has 238 valence electrons. The molecular weight excluding hydrogens is 582 g/mol. The maximum Gasteiger partial charge on any atom is 0.327 e. The Morgan fingerprint density at radius 3 is 2.80 bits per heavy atom. The van der Waals surface area contributed by atoms with Crippen molar-refractivity contribution in [3.05, 3.63) is 71.3 Å². The van der Waals surface area contributed by atoms with Gasteiger partial charge in [0.2, 0.25) is 11.8 Å². The average Bonchev–Trinajstić information content (AvgIpc) is 3.79. The van der Waals surface area contributed by atoms with Gasteiger partial charge in [0.1, 0.15) is 48.4 Å². The van der Waals surface area contributed by atoms with E-state index in [-0.39, 0.29) is 50.5 Å². The predicted octanol–water partition coefficient (Wildman–Crippen LogP) is 1.29. The largest absolute Gasteiger partial charge is 0.508 e. The number of ether oxygens (including phenoxy) is 3. The fraction of sp³-hybridized carbons (Fsp3) is 0.485. The molecule has 2 aromatic carbocycles. The van der Waals surface area contributed by atoms with Gasteiger partial charge in [0, 0.05) is 19.5 Å². The van der Waals surface area contributed by atoms with E-state index in [1.807, 2.05) is 48.6 Å². The zero-order valence-electron chi connectivity index (χ0n) is 24.7. The third-order valence-electron chi connectivity index (χ3n) is 9.63. The van der Waals surface area contributed by atoms with E-state index < -0.39 is 47.9 Å². The average molecular weight is 620 g/mol. The summed E-state index contributed by atoms with van der Waals surface area (Å²) in [5.74, 6) is -0.959. The number of carbonyl (C=O) groups excluding carboxylic acids is 3. The van der Waals surface area contributed by atoms with Gasteiger partial charge < -0.3 is 34.6 Å². The van der Waals surface area contributed by atoms with Crippen molar-refractivity contribution in [1.29, 1.82) is 0 Å². The van der Waals surface area contributed by atoms with Crippen LogP contribution in [0.4, 0.5) is 0 Å². The van der Waals surface area contributed by atoms with Crippen LogP contribution in [0.15, 0.2) is 54.6 Å². The lowest BCUT2D eigenvalue weighted by atomic mass is 9.62. The van der Waals surface area contributed by atoms with Crippen molar-refractivity contribution < 1.29 is 43.6 Å². The van der Waals surface area contributed by atoms with E-state index in [2.05, 4.69) is 5.32 Å². The molecule has 4 heterocycles. The summed E-state index contributed by atoms with van der Waals surface area (Å²) in [6.45, 7) is 0.471. The molecule has 2 bridgehead atoms. The lowest BCUT2D eigenvalue weighted by molar-refractivity contribution is -0.204. The van der Waals surface area contributed by atoms with Crippen molar-refractivity contribution in [1.82, 2.24) is 15.3 Å². The summed E-state index contributed by atoms with van der Waals surface area (Å²) < 4.78 is 17.7. The molecule has 2 aromatic rings. The van der Waals surface area contributed by atoms with Crippen LogP contribution in [0.2, 0.25) is 0 Å². The number of hydrogen-bond acceptors (Lipinski definition) is 10. The number of phenols is 1. The number of rotatable bonds is 9. The second-order valence-electron chi connectivity index (χ2n) is 12.3. The summed E-state index contributed by atoms with van der Waals surface area (Å²) in [5, 5.41) is 23.5. The Kier molecular flexibility index (Phi) is 8.09. The Hall–Kier alpha value is -3.81. The fourth-order valence-electron chi connectivity index (χ4n) is 7.64. The third kappa shape index (κ3) is 5.20. The first-order valence-corrected chi connectivity index (χ1v) is 15.5. The van der Waals surface area contributed by atoms with Gasteiger partial charge in [-0.25, -0.2) is 0 Å². The number of nitrogens with one attached hydrogen (secondary N) is 1. The van der Waals surface area contributed by atoms with Crippen molar-refractivity contribution in [2.45, 2.75) is 68.7 Å². The van der Waals surface area contributed by atoms with E-state index in [1.54, 1.807) is 22.1 Å². The molecule has 0 radical (unpaired) electrons. The second-order valence-corrected chi connectivity index (χ2v) is 12.3. The molecule has 5 aliphatic rings. The minimum absolute atomic E-state index is 0.00320. The van der Waals surface area contributed by atoms with Crippen LogP contribution >= 0.6 is 0 Å². The summed E-state index contributed by atoms with van der Waals surface area (Å²) in [4.78, 5) is 49.5. The highest BCUT2D eigenvalue weighted by molar-refractivity contribution is 5.96. The summed E-state index contributed by atoms with van der Waals surface area (Å²) in [6, 6.07) is 13.2. The number of nitrogens with zero attached hydrogens (tertiary/aromatic N) is 2. The van der Waals surface area contributed by atoms with Gasteiger partial charge in [-0.3, -0.25) is 19.2 Å².